The third-order valence-corrected chi connectivity index (χ3v) is 4.66. The Labute approximate surface area is 157 Å². The number of ether oxygens (including phenoxy) is 1. The SMILES string of the molecule is CCOC(=O)CC1CCCCN1C(=O)c1cc(Cc2ccc(F)cc2)no1. The minimum atomic E-state index is -0.299. The molecule has 1 atom stereocenters. The van der Waals surface area contributed by atoms with Crippen LogP contribution in [0.4, 0.5) is 4.39 Å². The molecule has 0 bridgehead atoms. The number of benzene rings is 1. The van der Waals surface area contributed by atoms with Crippen molar-refractivity contribution in [3.8, 4) is 0 Å². The molecule has 27 heavy (non-hydrogen) atoms. The minimum absolute atomic E-state index is 0.155. The normalized spacial score (nSPS) is 17.0. The average Bonchev–Trinajstić information content (AvgIpc) is 3.12. The molecule has 1 amide bonds. The number of halogens is 1. The minimum Gasteiger partial charge on any atom is -0.466 e. The molecule has 1 aromatic carbocycles. The maximum Gasteiger partial charge on any atom is 0.307 e. The molecule has 2 heterocycles. The number of amides is 1. The summed E-state index contributed by atoms with van der Waals surface area (Å²) in [5.41, 5.74) is 1.48. The number of esters is 1. The van der Waals surface area contributed by atoms with Gasteiger partial charge in [-0.15, -0.1) is 0 Å². The second kappa shape index (κ2) is 8.79. The van der Waals surface area contributed by atoms with Crippen LogP contribution in [0.15, 0.2) is 34.9 Å². The summed E-state index contributed by atoms with van der Waals surface area (Å²) in [6, 6.07) is 7.54. The molecule has 0 radical (unpaired) electrons. The molecule has 3 rings (SSSR count). The maximum atomic E-state index is 13.0. The molecule has 1 saturated heterocycles. The van der Waals surface area contributed by atoms with E-state index in [1.165, 1.54) is 12.1 Å². The van der Waals surface area contributed by atoms with E-state index in [2.05, 4.69) is 5.16 Å². The quantitative estimate of drug-likeness (QED) is 0.725. The molecule has 1 aliphatic heterocycles. The van der Waals surface area contributed by atoms with E-state index in [4.69, 9.17) is 9.26 Å². The molecule has 6 nitrogen and oxygen atoms in total. The Kier molecular flexibility index (Phi) is 6.21. The molecule has 1 unspecified atom stereocenters. The zero-order chi connectivity index (χ0) is 19.2. The first-order valence-corrected chi connectivity index (χ1v) is 9.23. The van der Waals surface area contributed by atoms with Crippen LogP contribution in [0.5, 0.6) is 0 Å². The molecule has 1 fully saturated rings. The molecule has 0 aliphatic carbocycles. The van der Waals surface area contributed by atoms with Gasteiger partial charge in [-0.2, -0.15) is 0 Å². The van der Waals surface area contributed by atoms with Crippen LogP contribution in [0.25, 0.3) is 0 Å². The van der Waals surface area contributed by atoms with Crippen molar-refractivity contribution in [2.75, 3.05) is 13.2 Å². The maximum absolute atomic E-state index is 13.0. The molecule has 0 N–H and O–H groups in total. The van der Waals surface area contributed by atoms with Gasteiger partial charge in [0, 0.05) is 25.1 Å². The number of likely N-dealkylation sites (tertiary alicyclic amines) is 1. The summed E-state index contributed by atoms with van der Waals surface area (Å²) in [6.07, 6.45) is 3.27. The number of aromatic nitrogens is 1. The van der Waals surface area contributed by atoms with Gasteiger partial charge in [-0.25, -0.2) is 4.39 Å². The Morgan fingerprint density at radius 3 is 2.81 bits per heavy atom. The van der Waals surface area contributed by atoms with Crippen LogP contribution in [0, 0.1) is 5.82 Å². The number of rotatable bonds is 6. The lowest BCUT2D eigenvalue weighted by molar-refractivity contribution is -0.144. The molecule has 2 aromatic rings. The van der Waals surface area contributed by atoms with Gasteiger partial charge in [0.2, 0.25) is 5.76 Å². The summed E-state index contributed by atoms with van der Waals surface area (Å²) in [7, 11) is 0. The molecule has 0 spiro atoms. The number of carbonyl (C=O) groups excluding carboxylic acids is 2. The van der Waals surface area contributed by atoms with E-state index in [0.29, 0.717) is 25.3 Å². The fourth-order valence-corrected chi connectivity index (χ4v) is 3.34. The molecular weight excluding hydrogens is 351 g/mol. The Morgan fingerprint density at radius 2 is 2.07 bits per heavy atom. The summed E-state index contributed by atoms with van der Waals surface area (Å²) in [4.78, 5) is 26.4. The van der Waals surface area contributed by atoms with Gasteiger partial charge in [0.15, 0.2) is 0 Å². The zero-order valence-electron chi connectivity index (χ0n) is 15.3. The van der Waals surface area contributed by atoms with E-state index in [0.717, 1.165) is 24.8 Å². The highest BCUT2D eigenvalue weighted by molar-refractivity contribution is 5.92. The largest absolute Gasteiger partial charge is 0.466 e. The fourth-order valence-electron chi connectivity index (χ4n) is 3.34. The monoisotopic (exact) mass is 374 g/mol. The summed E-state index contributed by atoms with van der Waals surface area (Å²) in [6.45, 7) is 2.67. The van der Waals surface area contributed by atoms with E-state index in [-0.39, 0.29) is 35.9 Å². The summed E-state index contributed by atoms with van der Waals surface area (Å²) in [5.74, 6) is -0.700. The second-order valence-electron chi connectivity index (χ2n) is 6.64. The third-order valence-electron chi connectivity index (χ3n) is 4.66. The van der Waals surface area contributed by atoms with Gasteiger partial charge < -0.3 is 14.2 Å². The Bertz CT molecular complexity index is 788. The van der Waals surface area contributed by atoms with Gasteiger partial charge in [-0.05, 0) is 43.9 Å². The molecule has 144 valence electrons. The lowest BCUT2D eigenvalue weighted by atomic mass is 9.99. The van der Waals surface area contributed by atoms with Crippen LogP contribution in [-0.2, 0) is 16.0 Å². The van der Waals surface area contributed by atoms with Crippen LogP contribution in [0.2, 0.25) is 0 Å². The van der Waals surface area contributed by atoms with Crippen molar-refractivity contribution in [1.82, 2.24) is 10.1 Å². The third kappa shape index (κ3) is 4.93. The van der Waals surface area contributed by atoms with E-state index in [9.17, 15) is 14.0 Å². The van der Waals surface area contributed by atoms with E-state index >= 15 is 0 Å². The predicted octanol–water partition coefficient (Wildman–Crippen LogP) is 3.35. The van der Waals surface area contributed by atoms with E-state index in [1.54, 1.807) is 30.0 Å². The lowest BCUT2D eigenvalue weighted by Gasteiger charge is -2.34. The van der Waals surface area contributed by atoms with Crippen molar-refractivity contribution in [2.45, 2.75) is 45.1 Å². The van der Waals surface area contributed by atoms with Crippen LogP contribution in [0.1, 0.15) is 54.4 Å². The van der Waals surface area contributed by atoms with Crippen molar-refractivity contribution in [1.29, 1.82) is 0 Å². The van der Waals surface area contributed by atoms with Crippen molar-refractivity contribution in [2.24, 2.45) is 0 Å². The van der Waals surface area contributed by atoms with Crippen molar-refractivity contribution in [3.05, 3.63) is 53.2 Å². The number of hydrogen-bond donors (Lipinski definition) is 0. The highest BCUT2D eigenvalue weighted by Gasteiger charge is 2.31. The van der Waals surface area contributed by atoms with Crippen LogP contribution < -0.4 is 0 Å². The van der Waals surface area contributed by atoms with Crippen molar-refractivity contribution < 1.29 is 23.2 Å². The summed E-state index contributed by atoms with van der Waals surface area (Å²) < 4.78 is 23.3. The fraction of sp³-hybridized carbons (Fsp3) is 0.450. The van der Waals surface area contributed by atoms with E-state index in [1.807, 2.05) is 0 Å². The standard InChI is InChI=1S/C20H23FN2O4/c1-2-26-19(24)13-17-5-3-4-10-23(17)20(25)18-12-16(22-27-18)11-14-6-8-15(21)9-7-14/h6-9,12,17H,2-5,10-11,13H2,1H3. The van der Waals surface area contributed by atoms with E-state index < -0.39 is 0 Å². The van der Waals surface area contributed by atoms with Crippen LogP contribution >= 0.6 is 0 Å². The highest BCUT2D eigenvalue weighted by Crippen LogP contribution is 2.23. The van der Waals surface area contributed by atoms with Crippen LogP contribution in [-0.4, -0.2) is 41.1 Å². The van der Waals surface area contributed by atoms with Gasteiger partial charge in [0.05, 0.1) is 18.7 Å². The Hall–Kier alpha value is -2.70. The van der Waals surface area contributed by atoms with Gasteiger partial charge in [0.1, 0.15) is 5.82 Å². The van der Waals surface area contributed by atoms with Gasteiger partial charge in [0.25, 0.3) is 5.91 Å². The molecule has 7 heteroatoms. The lowest BCUT2D eigenvalue weighted by Crippen LogP contribution is -2.44. The van der Waals surface area contributed by atoms with Gasteiger partial charge in [-0.3, -0.25) is 9.59 Å². The second-order valence-corrected chi connectivity index (χ2v) is 6.64. The molecule has 0 saturated carbocycles. The summed E-state index contributed by atoms with van der Waals surface area (Å²) >= 11 is 0. The highest BCUT2D eigenvalue weighted by atomic mass is 19.1. The zero-order valence-corrected chi connectivity index (χ0v) is 15.3. The predicted molar refractivity (Wildman–Crippen MR) is 95.6 cm³/mol. The van der Waals surface area contributed by atoms with Crippen LogP contribution in [0.3, 0.4) is 0 Å². The Balaban J connectivity index is 1.67. The molecule has 1 aliphatic rings. The molecule has 1 aromatic heterocycles. The number of carbonyl (C=O) groups is 2. The van der Waals surface area contributed by atoms with Gasteiger partial charge in [-0.1, -0.05) is 17.3 Å². The number of nitrogens with zero attached hydrogens (tertiary/aromatic N) is 2. The first kappa shape index (κ1) is 19.1. The number of hydrogen-bond acceptors (Lipinski definition) is 5. The molecular formula is C20H23FN2O4. The van der Waals surface area contributed by atoms with Crippen molar-refractivity contribution in [3.63, 3.8) is 0 Å². The number of piperidine rings is 1. The van der Waals surface area contributed by atoms with Gasteiger partial charge >= 0.3 is 5.97 Å². The summed E-state index contributed by atoms with van der Waals surface area (Å²) in [5, 5.41) is 3.96. The Morgan fingerprint density at radius 1 is 1.30 bits per heavy atom. The first-order chi connectivity index (χ1) is 13.1. The van der Waals surface area contributed by atoms with Crippen molar-refractivity contribution >= 4 is 11.9 Å². The average molecular weight is 374 g/mol. The smallest absolute Gasteiger partial charge is 0.307 e. The first-order valence-electron chi connectivity index (χ1n) is 9.23. The topological polar surface area (TPSA) is 72.6 Å².